The van der Waals surface area contributed by atoms with Crippen molar-refractivity contribution in [2.24, 2.45) is 0 Å². The number of carbonyl (C=O) groups is 1. The Morgan fingerprint density at radius 2 is 1.89 bits per heavy atom. The third-order valence-corrected chi connectivity index (χ3v) is 3.82. The smallest absolute Gasteiger partial charge is 0.336 e. The molecule has 0 radical (unpaired) electrons. The fourth-order valence-electron chi connectivity index (χ4n) is 1.93. The van der Waals surface area contributed by atoms with Gasteiger partial charge in [0.25, 0.3) is 5.91 Å². The molecule has 1 saturated heterocycles. The van der Waals surface area contributed by atoms with E-state index in [2.05, 4.69) is 5.32 Å². The Hall–Kier alpha value is -0.830. The second-order valence-corrected chi connectivity index (χ2v) is 5.40. The van der Waals surface area contributed by atoms with Crippen LogP contribution in [-0.4, -0.2) is 37.0 Å². The van der Waals surface area contributed by atoms with Crippen molar-refractivity contribution in [1.29, 1.82) is 0 Å². The Morgan fingerprint density at radius 3 is 2.42 bits per heavy atom. The third-order valence-electron chi connectivity index (χ3n) is 2.93. The van der Waals surface area contributed by atoms with Crippen molar-refractivity contribution >= 4 is 28.5 Å². The molecular formula is C12H12F3IN2O. The van der Waals surface area contributed by atoms with E-state index >= 15 is 0 Å². The van der Waals surface area contributed by atoms with Crippen LogP contribution in [0.4, 0.5) is 13.2 Å². The molecule has 7 heteroatoms. The summed E-state index contributed by atoms with van der Waals surface area (Å²) >= 11 is 1.61. The summed E-state index contributed by atoms with van der Waals surface area (Å²) in [4.78, 5) is 13.8. The first kappa shape index (κ1) is 14.6. The number of hydrogen-bond acceptors (Lipinski definition) is 2. The van der Waals surface area contributed by atoms with Crippen LogP contribution in [0.25, 0.3) is 0 Å². The van der Waals surface area contributed by atoms with E-state index in [4.69, 9.17) is 0 Å². The molecule has 2 rings (SSSR count). The van der Waals surface area contributed by atoms with Crippen LogP contribution in [-0.2, 0) is 6.18 Å². The highest BCUT2D eigenvalue weighted by molar-refractivity contribution is 14.1. The molecule has 1 N–H and O–H groups in total. The molecule has 0 spiro atoms. The average Bonchev–Trinajstić information content (AvgIpc) is 2.37. The lowest BCUT2D eigenvalue weighted by atomic mass is 10.1. The Balaban J connectivity index is 2.22. The minimum Gasteiger partial charge on any atom is -0.336 e. The van der Waals surface area contributed by atoms with Crippen LogP contribution in [0.5, 0.6) is 0 Å². The van der Waals surface area contributed by atoms with Gasteiger partial charge in [0.2, 0.25) is 0 Å². The van der Waals surface area contributed by atoms with Gasteiger partial charge in [-0.2, -0.15) is 13.2 Å². The SMILES string of the molecule is O=C(c1ccc(C(F)(F)F)c(I)c1)N1CCNCC1. The van der Waals surface area contributed by atoms with Crippen LogP contribution >= 0.6 is 22.6 Å². The third kappa shape index (κ3) is 3.38. The van der Waals surface area contributed by atoms with E-state index < -0.39 is 11.7 Å². The van der Waals surface area contributed by atoms with E-state index in [1.165, 1.54) is 12.1 Å². The van der Waals surface area contributed by atoms with Gasteiger partial charge in [0.1, 0.15) is 0 Å². The first-order valence-electron chi connectivity index (χ1n) is 5.76. The maximum atomic E-state index is 12.6. The molecule has 1 aliphatic heterocycles. The average molecular weight is 384 g/mol. The zero-order chi connectivity index (χ0) is 14.0. The van der Waals surface area contributed by atoms with Gasteiger partial charge < -0.3 is 10.2 Å². The van der Waals surface area contributed by atoms with Crippen LogP contribution in [0.15, 0.2) is 18.2 Å². The maximum Gasteiger partial charge on any atom is 0.417 e. The van der Waals surface area contributed by atoms with Gasteiger partial charge in [0.15, 0.2) is 0 Å². The van der Waals surface area contributed by atoms with E-state index in [-0.39, 0.29) is 9.48 Å². The maximum absolute atomic E-state index is 12.6. The van der Waals surface area contributed by atoms with Gasteiger partial charge >= 0.3 is 6.18 Å². The van der Waals surface area contributed by atoms with Crippen molar-refractivity contribution in [1.82, 2.24) is 10.2 Å². The zero-order valence-electron chi connectivity index (χ0n) is 9.93. The number of carbonyl (C=O) groups excluding carboxylic acids is 1. The van der Waals surface area contributed by atoms with Crippen molar-refractivity contribution in [3.8, 4) is 0 Å². The van der Waals surface area contributed by atoms with Gasteiger partial charge in [0, 0.05) is 35.3 Å². The zero-order valence-corrected chi connectivity index (χ0v) is 12.1. The summed E-state index contributed by atoms with van der Waals surface area (Å²) in [5.74, 6) is -0.215. The van der Waals surface area contributed by atoms with Crippen LogP contribution < -0.4 is 5.32 Å². The number of nitrogens with one attached hydrogen (secondary N) is 1. The molecule has 19 heavy (non-hydrogen) atoms. The number of alkyl halides is 3. The number of halogens is 4. The molecule has 1 aromatic rings. The molecule has 0 atom stereocenters. The van der Waals surface area contributed by atoms with Crippen LogP contribution in [0.2, 0.25) is 0 Å². The molecule has 0 saturated carbocycles. The lowest BCUT2D eigenvalue weighted by Crippen LogP contribution is -2.46. The van der Waals surface area contributed by atoms with Crippen molar-refractivity contribution in [3.63, 3.8) is 0 Å². The van der Waals surface area contributed by atoms with Crippen molar-refractivity contribution in [2.75, 3.05) is 26.2 Å². The second kappa shape index (κ2) is 5.66. The Kier molecular flexibility index (Phi) is 4.34. The lowest BCUT2D eigenvalue weighted by molar-refractivity contribution is -0.138. The molecule has 1 fully saturated rings. The summed E-state index contributed by atoms with van der Waals surface area (Å²) in [6, 6.07) is 3.51. The summed E-state index contributed by atoms with van der Waals surface area (Å²) in [6.07, 6.45) is -4.38. The summed E-state index contributed by atoms with van der Waals surface area (Å²) < 4.78 is 37.9. The molecule has 0 bridgehead atoms. The minimum atomic E-state index is -4.38. The van der Waals surface area contributed by atoms with Crippen LogP contribution in [0.1, 0.15) is 15.9 Å². The van der Waals surface area contributed by atoms with Gasteiger partial charge in [-0.3, -0.25) is 4.79 Å². The van der Waals surface area contributed by atoms with Gasteiger partial charge in [-0.25, -0.2) is 0 Å². The molecule has 1 heterocycles. The number of amides is 1. The Morgan fingerprint density at radius 1 is 1.26 bits per heavy atom. The molecule has 1 aromatic carbocycles. The number of nitrogens with zero attached hydrogens (tertiary/aromatic N) is 1. The van der Waals surface area contributed by atoms with Gasteiger partial charge in [-0.15, -0.1) is 0 Å². The topological polar surface area (TPSA) is 32.3 Å². The number of piperazine rings is 1. The highest BCUT2D eigenvalue weighted by Gasteiger charge is 2.33. The molecule has 104 valence electrons. The molecule has 3 nitrogen and oxygen atoms in total. The van der Waals surface area contributed by atoms with E-state index in [1.807, 2.05) is 0 Å². The summed E-state index contributed by atoms with van der Waals surface area (Å²) in [5.41, 5.74) is -0.399. The monoisotopic (exact) mass is 384 g/mol. The van der Waals surface area contributed by atoms with Gasteiger partial charge in [-0.1, -0.05) is 0 Å². The fourth-order valence-corrected chi connectivity index (χ4v) is 2.75. The van der Waals surface area contributed by atoms with Crippen molar-refractivity contribution in [2.45, 2.75) is 6.18 Å². The first-order valence-corrected chi connectivity index (χ1v) is 6.84. The second-order valence-electron chi connectivity index (χ2n) is 4.23. The summed E-state index contributed by atoms with van der Waals surface area (Å²) in [7, 11) is 0. The molecule has 0 aromatic heterocycles. The first-order chi connectivity index (χ1) is 8.89. The standard InChI is InChI=1S/C12H12F3IN2O/c13-12(14,15)9-2-1-8(7-10(9)16)11(19)18-5-3-17-4-6-18/h1-2,7,17H,3-6H2. The molecule has 0 unspecified atom stereocenters. The van der Waals surface area contributed by atoms with E-state index in [1.54, 1.807) is 27.5 Å². The Bertz CT molecular complexity index is 484. The highest BCUT2D eigenvalue weighted by Crippen LogP contribution is 2.33. The predicted molar refractivity (Wildman–Crippen MR) is 72.9 cm³/mol. The molecule has 0 aliphatic carbocycles. The Labute approximate surface area is 122 Å². The quantitative estimate of drug-likeness (QED) is 0.755. The number of hydrogen-bond donors (Lipinski definition) is 1. The fraction of sp³-hybridized carbons (Fsp3) is 0.417. The van der Waals surface area contributed by atoms with E-state index in [9.17, 15) is 18.0 Å². The molecule has 1 aliphatic rings. The number of rotatable bonds is 1. The normalized spacial score (nSPS) is 16.5. The van der Waals surface area contributed by atoms with Crippen molar-refractivity contribution in [3.05, 3.63) is 32.9 Å². The lowest BCUT2D eigenvalue weighted by Gasteiger charge is -2.27. The van der Waals surface area contributed by atoms with Crippen LogP contribution in [0, 0.1) is 3.57 Å². The van der Waals surface area contributed by atoms with Gasteiger partial charge in [0.05, 0.1) is 5.56 Å². The highest BCUT2D eigenvalue weighted by atomic mass is 127. The van der Waals surface area contributed by atoms with Crippen LogP contribution in [0.3, 0.4) is 0 Å². The number of benzene rings is 1. The van der Waals surface area contributed by atoms with Crippen molar-refractivity contribution < 1.29 is 18.0 Å². The summed E-state index contributed by atoms with van der Waals surface area (Å²) in [6.45, 7) is 2.58. The largest absolute Gasteiger partial charge is 0.417 e. The van der Waals surface area contributed by atoms with Gasteiger partial charge in [-0.05, 0) is 40.8 Å². The minimum absolute atomic E-state index is 0.0473. The predicted octanol–water partition coefficient (Wildman–Crippen LogP) is 2.36. The summed E-state index contributed by atoms with van der Waals surface area (Å²) in [5, 5.41) is 3.12. The van der Waals surface area contributed by atoms with E-state index in [0.717, 1.165) is 6.07 Å². The molecular weight excluding hydrogens is 372 g/mol. The molecule has 1 amide bonds. The van der Waals surface area contributed by atoms with E-state index in [0.29, 0.717) is 31.7 Å².